The molecule has 0 aromatic rings. The van der Waals surface area contributed by atoms with E-state index in [9.17, 15) is 14.7 Å². The molecule has 0 N–H and O–H groups in total. The van der Waals surface area contributed by atoms with Gasteiger partial charge < -0.3 is 14.6 Å². The summed E-state index contributed by atoms with van der Waals surface area (Å²) in [5.74, 6) is -0.937. The average molecular weight is 255 g/mol. The van der Waals surface area contributed by atoms with Gasteiger partial charge >= 0.3 is 5.91 Å². The lowest BCUT2D eigenvalue weighted by Gasteiger charge is -2.32. The molecule has 2 fully saturated rings. The molecule has 5 heteroatoms. The zero-order valence-electron chi connectivity index (χ0n) is 10.9. The van der Waals surface area contributed by atoms with Crippen LogP contribution in [0.5, 0.6) is 0 Å². The molecule has 3 unspecified atom stereocenters. The van der Waals surface area contributed by atoms with E-state index in [2.05, 4.69) is 0 Å². The predicted molar refractivity (Wildman–Crippen MR) is 62.2 cm³/mol. The molecule has 2 heterocycles. The van der Waals surface area contributed by atoms with E-state index in [-0.39, 0.29) is 29.0 Å². The molecule has 2 rings (SSSR count). The molecule has 18 heavy (non-hydrogen) atoms. The summed E-state index contributed by atoms with van der Waals surface area (Å²) in [6.07, 6.45) is 3.81. The molecule has 3 atom stereocenters. The van der Waals surface area contributed by atoms with Gasteiger partial charge in [-0.25, -0.2) is 4.79 Å². The minimum Gasteiger partial charge on any atom is -0.544 e. The van der Waals surface area contributed by atoms with Gasteiger partial charge in [-0.1, -0.05) is 0 Å². The van der Waals surface area contributed by atoms with Crippen molar-refractivity contribution in [2.75, 3.05) is 26.2 Å². The minimum absolute atomic E-state index is 0.0286. The van der Waals surface area contributed by atoms with Crippen LogP contribution in [0.3, 0.4) is 0 Å². The van der Waals surface area contributed by atoms with Crippen LogP contribution in [0.4, 0.5) is 0 Å². The van der Waals surface area contributed by atoms with Gasteiger partial charge in [0.05, 0.1) is 31.6 Å². The Morgan fingerprint density at radius 1 is 1.50 bits per heavy atom. The molecule has 2 aliphatic heterocycles. The van der Waals surface area contributed by atoms with E-state index < -0.39 is 5.97 Å². The summed E-state index contributed by atoms with van der Waals surface area (Å²) in [4.78, 5) is 23.0. The minimum atomic E-state index is -1.14. The molecule has 0 radical (unpaired) electrons. The summed E-state index contributed by atoms with van der Waals surface area (Å²) in [5.41, 5.74) is 0. The summed E-state index contributed by atoms with van der Waals surface area (Å²) in [7, 11) is 0. The predicted octanol–water partition coefficient (Wildman–Crippen LogP) is -0.311. The first-order valence-electron chi connectivity index (χ1n) is 6.78. The van der Waals surface area contributed by atoms with E-state index in [1.807, 2.05) is 6.92 Å². The van der Waals surface area contributed by atoms with E-state index in [4.69, 9.17) is 4.74 Å². The Morgan fingerprint density at radius 3 is 2.83 bits per heavy atom. The topological polar surface area (TPSA) is 66.4 Å². The van der Waals surface area contributed by atoms with Crippen LogP contribution in [0.25, 0.3) is 0 Å². The van der Waals surface area contributed by atoms with E-state index in [1.165, 1.54) is 0 Å². The molecule has 1 amide bonds. The van der Waals surface area contributed by atoms with E-state index in [0.717, 1.165) is 25.9 Å². The first-order chi connectivity index (χ1) is 8.57. The van der Waals surface area contributed by atoms with Gasteiger partial charge in [0.1, 0.15) is 6.54 Å². The quantitative estimate of drug-likeness (QED) is 0.646. The van der Waals surface area contributed by atoms with Gasteiger partial charge in [-0.2, -0.15) is 0 Å². The van der Waals surface area contributed by atoms with Gasteiger partial charge in [-0.15, -0.1) is 0 Å². The molecular formula is C13H21NO4. The summed E-state index contributed by atoms with van der Waals surface area (Å²) in [6, 6.07) is 0. The van der Waals surface area contributed by atoms with E-state index in [1.54, 1.807) is 0 Å². The molecule has 2 saturated heterocycles. The maximum atomic E-state index is 12.1. The molecule has 102 valence electrons. The number of carboxylic acid groups (broad SMARTS) is 1. The van der Waals surface area contributed by atoms with Crippen molar-refractivity contribution in [3.8, 4) is 0 Å². The maximum absolute atomic E-state index is 12.1. The van der Waals surface area contributed by atoms with Gasteiger partial charge in [-0.3, -0.25) is 4.48 Å². The largest absolute Gasteiger partial charge is 0.544 e. The maximum Gasteiger partial charge on any atom is 0.314 e. The third-order valence-electron chi connectivity index (χ3n) is 4.33. The fourth-order valence-electron chi connectivity index (χ4n) is 3.24. The number of amides is 1. The number of carboxylic acids is 1. The SMILES string of the molecule is CC[N+]1(CC(=O)[O-])CC(C2CCCCO2)CC1=O. The average Bonchev–Trinajstić information content (AvgIpc) is 2.68. The Bertz CT molecular complexity index is 338. The van der Waals surface area contributed by atoms with Crippen LogP contribution in [0, 0.1) is 5.92 Å². The first kappa shape index (κ1) is 13.5. The molecule has 0 aliphatic carbocycles. The lowest BCUT2D eigenvalue weighted by Crippen LogP contribution is -2.55. The molecule has 0 bridgehead atoms. The number of hydrogen-bond acceptors (Lipinski definition) is 4. The smallest absolute Gasteiger partial charge is 0.314 e. The van der Waals surface area contributed by atoms with Crippen LogP contribution in [0.1, 0.15) is 32.6 Å². The normalized spacial score (nSPS) is 36.8. The zero-order chi connectivity index (χ0) is 13.2. The van der Waals surface area contributed by atoms with Crippen molar-refractivity contribution in [2.45, 2.75) is 38.7 Å². The number of ether oxygens (including phenoxy) is 1. The van der Waals surface area contributed by atoms with Gasteiger partial charge in [0.15, 0.2) is 0 Å². The van der Waals surface area contributed by atoms with Gasteiger partial charge in [-0.05, 0) is 26.2 Å². The second kappa shape index (κ2) is 5.36. The third kappa shape index (κ3) is 2.57. The monoisotopic (exact) mass is 255 g/mol. The van der Waals surface area contributed by atoms with Gasteiger partial charge in [0.25, 0.3) is 0 Å². The number of quaternary nitrogens is 1. The molecular weight excluding hydrogens is 234 g/mol. The number of likely N-dealkylation sites (N-methyl/N-ethyl adjacent to an activating group) is 1. The van der Waals surface area contributed by atoms with Crippen molar-refractivity contribution >= 4 is 11.9 Å². The van der Waals surface area contributed by atoms with Crippen LogP contribution in [-0.4, -0.2) is 48.7 Å². The zero-order valence-corrected chi connectivity index (χ0v) is 10.9. The fourth-order valence-corrected chi connectivity index (χ4v) is 3.24. The third-order valence-corrected chi connectivity index (χ3v) is 4.33. The Morgan fingerprint density at radius 2 is 2.28 bits per heavy atom. The lowest BCUT2D eigenvalue weighted by atomic mass is 9.95. The number of nitrogens with zero attached hydrogens (tertiary/aromatic N) is 1. The highest BCUT2D eigenvalue weighted by atomic mass is 16.5. The van der Waals surface area contributed by atoms with Crippen LogP contribution >= 0.6 is 0 Å². The summed E-state index contributed by atoms with van der Waals surface area (Å²) >= 11 is 0. The summed E-state index contributed by atoms with van der Waals surface area (Å²) in [5, 5.41) is 10.8. The number of aliphatic carboxylic acids is 1. The van der Waals surface area contributed by atoms with Crippen molar-refractivity contribution < 1.29 is 23.9 Å². The van der Waals surface area contributed by atoms with Crippen LogP contribution < -0.4 is 5.11 Å². The number of rotatable bonds is 4. The highest BCUT2D eigenvalue weighted by molar-refractivity contribution is 5.75. The van der Waals surface area contributed by atoms with Crippen molar-refractivity contribution in [1.29, 1.82) is 0 Å². The van der Waals surface area contributed by atoms with Crippen LogP contribution in [0.2, 0.25) is 0 Å². The van der Waals surface area contributed by atoms with E-state index in [0.29, 0.717) is 19.5 Å². The molecule has 0 aromatic heterocycles. The van der Waals surface area contributed by atoms with Crippen LogP contribution in [0.15, 0.2) is 0 Å². The second-order valence-electron chi connectivity index (χ2n) is 5.44. The van der Waals surface area contributed by atoms with Crippen LogP contribution in [-0.2, 0) is 14.3 Å². The highest BCUT2D eigenvalue weighted by Crippen LogP contribution is 2.32. The number of likely N-dealkylation sites (tertiary alicyclic amines) is 1. The number of hydrogen-bond donors (Lipinski definition) is 0. The molecule has 0 saturated carbocycles. The standard InChI is InChI=1S/C13H21NO4/c1-2-14(9-13(16)17)8-10(7-12(14)15)11-5-3-4-6-18-11/h10-11H,2-9H2,1H3. The molecule has 0 spiro atoms. The highest BCUT2D eigenvalue weighted by Gasteiger charge is 2.48. The van der Waals surface area contributed by atoms with Crippen molar-refractivity contribution in [1.82, 2.24) is 0 Å². The molecule has 0 aromatic carbocycles. The summed E-state index contributed by atoms with van der Waals surface area (Å²) < 4.78 is 5.76. The fraction of sp³-hybridized carbons (Fsp3) is 0.846. The Labute approximate surface area is 107 Å². The van der Waals surface area contributed by atoms with E-state index >= 15 is 0 Å². The Balaban J connectivity index is 2.06. The van der Waals surface area contributed by atoms with Crippen molar-refractivity contribution in [3.05, 3.63) is 0 Å². The van der Waals surface area contributed by atoms with Crippen molar-refractivity contribution in [3.63, 3.8) is 0 Å². The Kier molecular flexibility index (Phi) is 4.02. The molecule has 2 aliphatic rings. The van der Waals surface area contributed by atoms with Crippen molar-refractivity contribution in [2.24, 2.45) is 5.92 Å². The Hall–Kier alpha value is -0.940. The van der Waals surface area contributed by atoms with Gasteiger partial charge in [0, 0.05) is 12.5 Å². The lowest BCUT2D eigenvalue weighted by molar-refractivity contribution is -0.841. The first-order valence-corrected chi connectivity index (χ1v) is 6.78. The second-order valence-corrected chi connectivity index (χ2v) is 5.44. The van der Waals surface area contributed by atoms with Gasteiger partial charge in [0.2, 0.25) is 0 Å². The number of carbonyl (C=O) groups is 2. The molecule has 5 nitrogen and oxygen atoms in total. The summed E-state index contributed by atoms with van der Waals surface area (Å²) in [6.45, 7) is 3.55. The number of carbonyl (C=O) groups excluding carboxylic acids is 2.